The molecule has 2 heterocycles. The first-order chi connectivity index (χ1) is 26.6. The van der Waals surface area contributed by atoms with Gasteiger partial charge < -0.3 is 0 Å². The molecule has 2 nitrogen and oxygen atoms in total. The Hall–Kier alpha value is -6.20. The van der Waals surface area contributed by atoms with Crippen LogP contribution in [-0.4, -0.2) is 9.97 Å². The molecule has 10 aromatic rings. The predicted octanol–water partition coefficient (Wildman–Crippen LogP) is 14.1. The number of para-hydroxylation sites is 2. The van der Waals surface area contributed by atoms with Crippen LogP contribution < -0.4 is 0 Å². The monoisotopic (exact) mass is 724 g/mol. The topological polar surface area (TPSA) is 25.8 Å². The summed E-state index contributed by atoms with van der Waals surface area (Å²) in [6.07, 6.45) is 0. The second-order valence-electron chi connectivity index (χ2n) is 14.3. The Kier molecular flexibility index (Phi) is 7.06. The molecule has 54 heavy (non-hydrogen) atoms. The lowest BCUT2D eigenvalue weighted by Crippen LogP contribution is -2.22. The molecular formula is C50H32N2S2. The quantitative estimate of drug-likeness (QED) is 0.177. The van der Waals surface area contributed by atoms with Gasteiger partial charge in [-0.15, -0.1) is 22.7 Å². The van der Waals surface area contributed by atoms with Crippen LogP contribution in [0.2, 0.25) is 0 Å². The smallest absolute Gasteiger partial charge is 0.124 e. The molecule has 0 N–H and O–H groups in total. The molecule has 0 aliphatic heterocycles. The summed E-state index contributed by atoms with van der Waals surface area (Å²) in [5.41, 5.74) is 15.4. The fourth-order valence-corrected chi connectivity index (χ4v) is 10.4. The first-order valence-electron chi connectivity index (χ1n) is 18.3. The second kappa shape index (κ2) is 12.2. The maximum Gasteiger partial charge on any atom is 0.124 e. The third kappa shape index (κ3) is 4.91. The van der Waals surface area contributed by atoms with Crippen LogP contribution in [0, 0.1) is 0 Å². The van der Waals surface area contributed by atoms with Crippen LogP contribution in [0.1, 0.15) is 23.6 Å². The molecule has 0 bridgehead atoms. The molecule has 1 unspecified atom stereocenters. The Balaban J connectivity index is 1.12. The van der Waals surface area contributed by atoms with Crippen LogP contribution in [-0.2, 0) is 5.41 Å². The Morgan fingerprint density at radius 3 is 1.72 bits per heavy atom. The van der Waals surface area contributed by atoms with Crippen molar-refractivity contribution < 1.29 is 0 Å². The number of nitrogens with zero attached hydrogens (tertiary/aromatic N) is 2. The molecule has 0 radical (unpaired) electrons. The Morgan fingerprint density at radius 2 is 1.00 bits per heavy atom. The van der Waals surface area contributed by atoms with Crippen LogP contribution in [0.5, 0.6) is 0 Å². The van der Waals surface area contributed by atoms with Gasteiger partial charge in [-0.2, -0.15) is 0 Å². The van der Waals surface area contributed by atoms with Gasteiger partial charge in [0.1, 0.15) is 10.0 Å². The lowest BCUT2D eigenvalue weighted by atomic mass is 9.74. The van der Waals surface area contributed by atoms with Crippen LogP contribution >= 0.6 is 22.7 Å². The molecule has 11 rings (SSSR count). The summed E-state index contributed by atoms with van der Waals surface area (Å²) in [5.74, 6) is 0. The lowest BCUT2D eigenvalue weighted by molar-refractivity contribution is 0.714. The summed E-state index contributed by atoms with van der Waals surface area (Å²) in [5, 5.41) is 4.46. The largest absolute Gasteiger partial charge is 0.236 e. The Morgan fingerprint density at radius 1 is 0.407 bits per heavy atom. The number of benzene rings is 8. The standard InChI is InChI=1S/C50H32N2S2/c1-50(37-14-3-2-4-15-37)42-18-8-7-17-39(42)40-24-23-31(30-43(40)50)33-25-32-13-5-6-16-38(32)41(29-33)34-26-35(48-51-44-19-9-11-21-46(44)53-48)28-36(27-34)49-52-45-20-10-12-22-47(45)54-49/h2-30H,1H3. The van der Waals surface area contributed by atoms with Crippen molar-refractivity contribution in [2.75, 3.05) is 0 Å². The van der Waals surface area contributed by atoms with E-state index in [-0.39, 0.29) is 5.41 Å². The van der Waals surface area contributed by atoms with Gasteiger partial charge >= 0.3 is 0 Å². The Labute approximate surface area is 321 Å². The summed E-state index contributed by atoms with van der Waals surface area (Å²) in [6, 6.07) is 64.2. The molecule has 2 aromatic heterocycles. The second-order valence-corrected chi connectivity index (χ2v) is 16.4. The molecule has 254 valence electrons. The zero-order valence-electron chi connectivity index (χ0n) is 29.5. The number of aromatic nitrogens is 2. The van der Waals surface area contributed by atoms with Crippen LogP contribution in [0.25, 0.3) is 85.7 Å². The van der Waals surface area contributed by atoms with Gasteiger partial charge in [0.05, 0.1) is 20.4 Å². The van der Waals surface area contributed by atoms with E-state index in [1.54, 1.807) is 22.7 Å². The molecule has 0 saturated carbocycles. The fourth-order valence-electron chi connectivity index (χ4n) is 8.49. The summed E-state index contributed by atoms with van der Waals surface area (Å²) >= 11 is 3.49. The first kappa shape index (κ1) is 31.3. The maximum absolute atomic E-state index is 5.11. The minimum atomic E-state index is -0.263. The van der Waals surface area contributed by atoms with E-state index in [2.05, 4.69) is 183 Å². The van der Waals surface area contributed by atoms with Crippen LogP contribution in [0.15, 0.2) is 176 Å². The highest BCUT2D eigenvalue weighted by Crippen LogP contribution is 2.53. The van der Waals surface area contributed by atoms with Crippen molar-refractivity contribution in [1.29, 1.82) is 0 Å². The van der Waals surface area contributed by atoms with Crippen molar-refractivity contribution in [2.45, 2.75) is 12.3 Å². The van der Waals surface area contributed by atoms with Gasteiger partial charge in [0, 0.05) is 16.5 Å². The first-order valence-corrected chi connectivity index (χ1v) is 19.9. The highest BCUT2D eigenvalue weighted by Gasteiger charge is 2.40. The van der Waals surface area contributed by atoms with Gasteiger partial charge in [-0.3, -0.25) is 0 Å². The van der Waals surface area contributed by atoms with E-state index < -0.39 is 0 Å². The van der Waals surface area contributed by atoms with E-state index in [4.69, 9.17) is 9.97 Å². The predicted molar refractivity (Wildman–Crippen MR) is 229 cm³/mol. The number of thiazole rings is 2. The van der Waals surface area contributed by atoms with Gasteiger partial charge in [-0.05, 0) is 128 Å². The van der Waals surface area contributed by atoms with Crippen LogP contribution in [0.3, 0.4) is 0 Å². The van der Waals surface area contributed by atoms with E-state index >= 15 is 0 Å². The number of fused-ring (bicyclic) bond motifs is 6. The van der Waals surface area contributed by atoms with Gasteiger partial charge in [-0.25, -0.2) is 9.97 Å². The SMILES string of the molecule is CC1(c2ccccc2)c2ccccc2-c2ccc(-c3cc(-c4cc(-c5nc6ccccc6s5)cc(-c5nc6ccccc6s5)c4)c4ccccc4c3)cc21. The van der Waals surface area contributed by atoms with Gasteiger partial charge in [0.2, 0.25) is 0 Å². The van der Waals surface area contributed by atoms with Crippen molar-refractivity contribution in [3.8, 4) is 54.5 Å². The zero-order chi connectivity index (χ0) is 35.8. The van der Waals surface area contributed by atoms with E-state index in [1.807, 2.05) is 0 Å². The third-order valence-corrected chi connectivity index (χ3v) is 13.4. The highest BCUT2D eigenvalue weighted by molar-refractivity contribution is 7.22. The zero-order valence-corrected chi connectivity index (χ0v) is 31.1. The average molecular weight is 725 g/mol. The summed E-state index contributed by atoms with van der Waals surface area (Å²) in [6.45, 7) is 2.39. The molecule has 0 spiro atoms. The Bertz CT molecular complexity index is 2920. The van der Waals surface area contributed by atoms with Crippen molar-refractivity contribution in [3.63, 3.8) is 0 Å². The van der Waals surface area contributed by atoms with E-state index in [1.165, 1.54) is 64.7 Å². The maximum atomic E-state index is 5.11. The number of rotatable bonds is 5. The lowest BCUT2D eigenvalue weighted by Gasteiger charge is -2.28. The molecule has 1 aliphatic rings. The van der Waals surface area contributed by atoms with Gasteiger partial charge in [0.25, 0.3) is 0 Å². The van der Waals surface area contributed by atoms with Gasteiger partial charge in [-0.1, -0.05) is 115 Å². The van der Waals surface area contributed by atoms with E-state index in [9.17, 15) is 0 Å². The molecule has 1 atom stereocenters. The normalized spacial score (nSPS) is 14.8. The highest BCUT2D eigenvalue weighted by atomic mass is 32.1. The minimum absolute atomic E-state index is 0.263. The molecule has 0 amide bonds. The van der Waals surface area contributed by atoms with Crippen molar-refractivity contribution in [2.24, 2.45) is 0 Å². The molecule has 1 aliphatic carbocycles. The third-order valence-electron chi connectivity index (χ3n) is 11.2. The van der Waals surface area contributed by atoms with Crippen LogP contribution in [0.4, 0.5) is 0 Å². The van der Waals surface area contributed by atoms with E-state index in [0.29, 0.717) is 0 Å². The minimum Gasteiger partial charge on any atom is -0.236 e. The molecule has 0 fully saturated rings. The molecule has 4 heteroatoms. The van der Waals surface area contributed by atoms with Gasteiger partial charge in [0.15, 0.2) is 0 Å². The average Bonchev–Trinajstić information content (AvgIpc) is 3.94. The van der Waals surface area contributed by atoms with E-state index in [0.717, 1.165) is 37.7 Å². The molecule has 0 saturated heterocycles. The number of hydrogen-bond donors (Lipinski definition) is 0. The summed E-state index contributed by atoms with van der Waals surface area (Å²) in [7, 11) is 0. The molecular weight excluding hydrogens is 693 g/mol. The summed E-state index contributed by atoms with van der Waals surface area (Å²) < 4.78 is 2.38. The number of hydrogen-bond acceptors (Lipinski definition) is 4. The molecule has 8 aromatic carbocycles. The van der Waals surface area contributed by atoms with Crippen molar-refractivity contribution in [3.05, 3.63) is 193 Å². The van der Waals surface area contributed by atoms with Crippen molar-refractivity contribution >= 4 is 53.9 Å². The summed E-state index contributed by atoms with van der Waals surface area (Å²) in [4.78, 5) is 10.2. The van der Waals surface area contributed by atoms with Crippen molar-refractivity contribution in [1.82, 2.24) is 9.97 Å². The fraction of sp³-hybridized carbons (Fsp3) is 0.0400.